The molecule has 0 saturated carbocycles. The van der Waals surface area contributed by atoms with Crippen molar-refractivity contribution in [3.63, 3.8) is 0 Å². The summed E-state index contributed by atoms with van der Waals surface area (Å²) >= 11 is 5.88. The fourth-order valence-electron chi connectivity index (χ4n) is 2.39. The lowest BCUT2D eigenvalue weighted by atomic mass is 9.95. The highest BCUT2D eigenvalue weighted by molar-refractivity contribution is 6.35. The SMILES string of the molecule is O=C1C2=C(CC(Cl)([N+](=O)[O-])C=C2)C(=O)N1c1ccccc1. The molecule has 7 heteroatoms. The first-order valence-electron chi connectivity index (χ1n) is 6.14. The molecular weight excluding hydrogens is 296 g/mol. The second-order valence-corrected chi connectivity index (χ2v) is 5.41. The van der Waals surface area contributed by atoms with Gasteiger partial charge in [-0.3, -0.25) is 19.7 Å². The fraction of sp³-hybridized carbons (Fsp3) is 0.143. The third-order valence-electron chi connectivity index (χ3n) is 3.47. The molecule has 2 amide bonds. The van der Waals surface area contributed by atoms with Crippen LogP contribution in [-0.2, 0) is 9.59 Å². The number of carbonyl (C=O) groups excluding carboxylic acids is 2. The van der Waals surface area contributed by atoms with Crippen LogP contribution in [0.25, 0.3) is 0 Å². The van der Waals surface area contributed by atoms with Crippen LogP contribution in [0.2, 0.25) is 0 Å². The van der Waals surface area contributed by atoms with Crippen molar-refractivity contribution >= 4 is 29.1 Å². The Kier molecular flexibility index (Phi) is 2.91. The molecule has 106 valence electrons. The minimum atomic E-state index is -1.87. The number of halogens is 1. The predicted molar refractivity (Wildman–Crippen MR) is 75.3 cm³/mol. The standard InChI is InChI=1S/C14H9ClN2O4/c15-14(17(20)21)7-6-10-11(8-14)13(19)16(12(10)18)9-4-2-1-3-5-9/h1-7H,8H2. The van der Waals surface area contributed by atoms with Gasteiger partial charge >= 0.3 is 5.00 Å². The van der Waals surface area contributed by atoms with Crippen LogP contribution in [-0.4, -0.2) is 21.7 Å². The minimum absolute atomic E-state index is 0.0815. The first-order valence-corrected chi connectivity index (χ1v) is 6.51. The van der Waals surface area contributed by atoms with Gasteiger partial charge in [-0.05, 0) is 29.8 Å². The number of para-hydroxylation sites is 1. The zero-order chi connectivity index (χ0) is 15.2. The molecule has 0 aromatic heterocycles. The third kappa shape index (κ3) is 1.95. The summed E-state index contributed by atoms with van der Waals surface area (Å²) in [6, 6.07) is 8.41. The number of carbonyl (C=O) groups is 2. The van der Waals surface area contributed by atoms with Crippen molar-refractivity contribution in [3.05, 3.63) is 63.7 Å². The highest BCUT2D eigenvalue weighted by Crippen LogP contribution is 2.39. The van der Waals surface area contributed by atoms with E-state index in [9.17, 15) is 19.7 Å². The first-order chi connectivity index (χ1) is 9.94. The van der Waals surface area contributed by atoms with Crippen LogP contribution < -0.4 is 4.90 Å². The number of rotatable bonds is 2. The topological polar surface area (TPSA) is 80.5 Å². The van der Waals surface area contributed by atoms with Crippen molar-refractivity contribution in [2.75, 3.05) is 4.90 Å². The van der Waals surface area contributed by atoms with Crippen LogP contribution in [0.15, 0.2) is 53.6 Å². The van der Waals surface area contributed by atoms with Gasteiger partial charge in [-0.1, -0.05) is 18.2 Å². The highest BCUT2D eigenvalue weighted by atomic mass is 35.5. The second kappa shape index (κ2) is 4.53. The number of imide groups is 1. The molecule has 1 aromatic rings. The Balaban J connectivity index is 2.00. The van der Waals surface area contributed by atoms with Crippen molar-refractivity contribution in [1.82, 2.24) is 0 Å². The molecule has 1 aromatic carbocycles. The molecule has 21 heavy (non-hydrogen) atoms. The Morgan fingerprint density at radius 1 is 1.19 bits per heavy atom. The molecule has 1 heterocycles. The molecule has 1 aliphatic heterocycles. The molecular formula is C14H9ClN2O4. The van der Waals surface area contributed by atoms with Gasteiger partial charge in [-0.25, -0.2) is 4.90 Å². The van der Waals surface area contributed by atoms with Crippen LogP contribution in [0.3, 0.4) is 0 Å². The predicted octanol–water partition coefficient (Wildman–Crippen LogP) is 2.03. The van der Waals surface area contributed by atoms with Crippen LogP contribution in [0.5, 0.6) is 0 Å². The summed E-state index contributed by atoms with van der Waals surface area (Å²) < 4.78 is 0. The van der Waals surface area contributed by atoms with Gasteiger partial charge < -0.3 is 0 Å². The molecule has 0 radical (unpaired) electrons. The van der Waals surface area contributed by atoms with E-state index in [2.05, 4.69) is 0 Å². The normalized spacial score (nSPS) is 24.5. The lowest BCUT2D eigenvalue weighted by Gasteiger charge is -2.18. The zero-order valence-corrected chi connectivity index (χ0v) is 11.4. The van der Waals surface area contributed by atoms with E-state index in [1.165, 1.54) is 6.08 Å². The summed E-state index contributed by atoms with van der Waals surface area (Å²) in [5.74, 6) is -1.04. The maximum atomic E-state index is 12.4. The van der Waals surface area contributed by atoms with Crippen LogP contribution in [0.1, 0.15) is 6.42 Å². The maximum Gasteiger partial charge on any atom is 0.318 e. The van der Waals surface area contributed by atoms with Crippen molar-refractivity contribution in [2.24, 2.45) is 0 Å². The van der Waals surface area contributed by atoms with Crippen molar-refractivity contribution < 1.29 is 14.5 Å². The maximum absolute atomic E-state index is 12.4. The molecule has 1 unspecified atom stereocenters. The number of amides is 2. The average Bonchev–Trinajstić information content (AvgIpc) is 2.71. The van der Waals surface area contributed by atoms with Crippen molar-refractivity contribution in [2.45, 2.75) is 11.4 Å². The first kappa shape index (κ1) is 13.5. The van der Waals surface area contributed by atoms with Gasteiger partial charge in [0, 0.05) is 22.1 Å². The van der Waals surface area contributed by atoms with Crippen LogP contribution in [0.4, 0.5) is 5.69 Å². The van der Waals surface area contributed by atoms with E-state index in [-0.39, 0.29) is 17.6 Å². The average molecular weight is 305 g/mol. The third-order valence-corrected chi connectivity index (χ3v) is 3.87. The van der Waals surface area contributed by atoms with E-state index in [0.717, 1.165) is 11.0 Å². The summed E-state index contributed by atoms with van der Waals surface area (Å²) in [5, 5.41) is 11.0. The van der Waals surface area contributed by atoms with E-state index in [1.807, 2.05) is 0 Å². The largest absolute Gasteiger partial charge is 0.318 e. The summed E-state index contributed by atoms with van der Waals surface area (Å²) in [7, 11) is 0. The van der Waals surface area contributed by atoms with Gasteiger partial charge in [0.2, 0.25) is 0 Å². The fourth-order valence-corrected chi connectivity index (χ4v) is 2.59. The molecule has 0 saturated heterocycles. The van der Waals surface area contributed by atoms with Gasteiger partial charge in [-0.2, -0.15) is 0 Å². The van der Waals surface area contributed by atoms with Gasteiger partial charge in [0.25, 0.3) is 11.8 Å². The molecule has 1 aliphatic carbocycles. The van der Waals surface area contributed by atoms with Crippen LogP contribution >= 0.6 is 11.6 Å². The molecule has 0 spiro atoms. The molecule has 6 nitrogen and oxygen atoms in total. The number of nitro groups is 1. The number of benzene rings is 1. The van der Waals surface area contributed by atoms with Gasteiger partial charge in [-0.15, -0.1) is 0 Å². The van der Waals surface area contributed by atoms with E-state index in [4.69, 9.17) is 11.6 Å². The Morgan fingerprint density at radius 2 is 1.86 bits per heavy atom. The van der Waals surface area contributed by atoms with Crippen LogP contribution in [0, 0.1) is 10.1 Å². The Morgan fingerprint density at radius 3 is 2.48 bits per heavy atom. The molecule has 2 aliphatic rings. The van der Waals surface area contributed by atoms with Gasteiger partial charge in [0.1, 0.15) is 0 Å². The Labute approximate surface area is 124 Å². The molecule has 1 atom stereocenters. The molecule has 3 rings (SSSR count). The highest BCUT2D eigenvalue weighted by Gasteiger charge is 2.49. The monoisotopic (exact) mass is 304 g/mol. The van der Waals surface area contributed by atoms with E-state index >= 15 is 0 Å². The van der Waals surface area contributed by atoms with Crippen molar-refractivity contribution in [3.8, 4) is 0 Å². The van der Waals surface area contributed by atoms with E-state index in [0.29, 0.717) is 5.69 Å². The number of hydrogen-bond donors (Lipinski definition) is 0. The number of anilines is 1. The smallest absolute Gasteiger partial charge is 0.269 e. The number of nitrogens with zero attached hydrogens (tertiary/aromatic N) is 2. The quantitative estimate of drug-likeness (QED) is 0.275. The second-order valence-electron chi connectivity index (χ2n) is 4.76. The molecule has 0 bridgehead atoms. The van der Waals surface area contributed by atoms with E-state index < -0.39 is 21.7 Å². The summed E-state index contributed by atoms with van der Waals surface area (Å²) in [6.07, 6.45) is 2.10. The molecule has 0 fully saturated rings. The van der Waals surface area contributed by atoms with E-state index in [1.54, 1.807) is 30.3 Å². The Hall–Kier alpha value is -2.47. The van der Waals surface area contributed by atoms with Crippen molar-refractivity contribution in [1.29, 1.82) is 0 Å². The summed E-state index contributed by atoms with van der Waals surface area (Å²) in [5.41, 5.74) is 0.677. The summed E-state index contributed by atoms with van der Waals surface area (Å²) in [6.45, 7) is 0. The number of alkyl halides is 1. The lowest BCUT2D eigenvalue weighted by molar-refractivity contribution is -0.527. The van der Waals surface area contributed by atoms with Gasteiger partial charge in [0.05, 0.1) is 12.1 Å². The van der Waals surface area contributed by atoms with Gasteiger partial charge in [0.15, 0.2) is 0 Å². The summed E-state index contributed by atoms with van der Waals surface area (Å²) in [4.78, 5) is 34.2. The number of hydrogen-bond acceptors (Lipinski definition) is 4. The molecule has 0 N–H and O–H groups in total. The zero-order valence-electron chi connectivity index (χ0n) is 10.7. The lowest BCUT2D eigenvalue weighted by Crippen LogP contribution is -2.34. The Bertz CT molecular complexity index is 726. The minimum Gasteiger partial charge on any atom is -0.269 e.